The Morgan fingerprint density at radius 1 is 1.47 bits per heavy atom. The largest absolute Gasteiger partial charge is 0.480 e. The van der Waals surface area contributed by atoms with Crippen LogP contribution in [0.5, 0.6) is 0 Å². The third-order valence-electron chi connectivity index (χ3n) is 2.77. The minimum atomic E-state index is -1.01. The minimum Gasteiger partial charge on any atom is -0.480 e. The van der Waals surface area contributed by atoms with Crippen molar-refractivity contribution in [2.75, 3.05) is 6.54 Å². The summed E-state index contributed by atoms with van der Waals surface area (Å²) in [6.45, 7) is 4.18. The third-order valence-corrected chi connectivity index (χ3v) is 2.77. The van der Waals surface area contributed by atoms with Crippen LogP contribution in [0.3, 0.4) is 0 Å². The van der Waals surface area contributed by atoms with Crippen molar-refractivity contribution < 1.29 is 14.7 Å². The fraction of sp³-hybridized carbons (Fsp3) is 0.800. The maximum absolute atomic E-state index is 11.7. The monoisotopic (exact) mass is 214 g/mol. The molecule has 0 bridgehead atoms. The molecular formula is C10H18N2O3. The SMILES string of the molecule is CC1CCCCN1C(=O)N[C@H](C)C(=O)O. The molecule has 0 aromatic carbocycles. The van der Waals surface area contributed by atoms with Crippen LogP contribution < -0.4 is 5.32 Å². The number of urea groups is 1. The Kier molecular flexibility index (Phi) is 3.94. The summed E-state index contributed by atoms with van der Waals surface area (Å²) < 4.78 is 0. The summed E-state index contributed by atoms with van der Waals surface area (Å²) in [5.74, 6) is -1.01. The number of nitrogens with one attached hydrogen (secondary N) is 1. The van der Waals surface area contributed by atoms with Gasteiger partial charge >= 0.3 is 12.0 Å². The van der Waals surface area contributed by atoms with Crippen molar-refractivity contribution in [2.45, 2.75) is 45.2 Å². The lowest BCUT2D eigenvalue weighted by molar-refractivity contribution is -0.138. The molecule has 0 aromatic heterocycles. The van der Waals surface area contributed by atoms with Crippen molar-refractivity contribution in [3.63, 3.8) is 0 Å². The Labute approximate surface area is 89.4 Å². The lowest BCUT2D eigenvalue weighted by Gasteiger charge is -2.33. The van der Waals surface area contributed by atoms with E-state index in [0.29, 0.717) is 0 Å². The van der Waals surface area contributed by atoms with Crippen molar-refractivity contribution in [1.82, 2.24) is 10.2 Å². The van der Waals surface area contributed by atoms with Crippen LogP contribution in [0.15, 0.2) is 0 Å². The number of rotatable bonds is 2. The van der Waals surface area contributed by atoms with Gasteiger partial charge in [0.05, 0.1) is 0 Å². The zero-order chi connectivity index (χ0) is 11.4. The average Bonchev–Trinajstić information content (AvgIpc) is 2.18. The fourth-order valence-electron chi connectivity index (χ4n) is 1.73. The summed E-state index contributed by atoms with van der Waals surface area (Å²) in [5, 5.41) is 11.1. The highest BCUT2D eigenvalue weighted by molar-refractivity contribution is 5.82. The highest BCUT2D eigenvalue weighted by Crippen LogP contribution is 2.16. The van der Waals surface area contributed by atoms with Gasteiger partial charge in [0.1, 0.15) is 6.04 Å². The van der Waals surface area contributed by atoms with Crippen molar-refractivity contribution >= 4 is 12.0 Å². The van der Waals surface area contributed by atoms with Gasteiger partial charge in [0.15, 0.2) is 0 Å². The van der Waals surface area contributed by atoms with E-state index in [1.807, 2.05) is 6.92 Å². The Bertz CT molecular complexity index is 255. The molecule has 5 nitrogen and oxygen atoms in total. The Balaban J connectivity index is 2.48. The van der Waals surface area contributed by atoms with Gasteiger partial charge in [0.25, 0.3) is 0 Å². The molecule has 15 heavy (non-hydrogen) atoms. The maximum Gasteiger partial charge on any atom is 0.325 e. The number of aliphatic carboxylic acids is 1. The molecule has 0 saturated carbocycles. The van der Waals surface area contributed by atoms with Crippen LogP contribution in [0.1, 0.15) is 33.1 Å². The normalized spacial score (nSPS) is 23.3. The second-order valence-corrected chi connectivity index (χ2v) is 4.05. The van der Waals surface area contributed by atoms with Gasteiger partial charge in [-0.25, -0.2) is 4.79 Å². The average molecular weight is 214 g/mol. The van der Waals surface area contributed by atoms with Crippen LogP contribution >= 0.6 is 0 Å². The maximum atomic E-state index is 11.7. The van der Waals surface area contributed by atoms with Crippen LogP contribution in [0.25, 0.3) is 0 Å². The van der Waals surface area contributed by atoms with Crippen LogP contribution in [0.4, 0.5) is 4.79 Å². The Morgan fingerprint density at radius 3 is 2.67 bits per heavy atom. The van der Waals surface area contributed by atoms with Crippen molar-refractivity contribution in [3.05, 3.63) is 0 Å². The molecule has 1 heterocycles. The zero-order valence-electron chi connectivity index (χ0n) is 9.19. The summed E-state index contributed by atoms with van der Waals surface area (Å²) in [6, 6.07) is -0.886. The van der Waals surface area contributed by atoms with Crippen LogP contribution in [-0.2, 0) is 4.79 Å². The van der Waals surface area contributed by atoms with E-state index in [1.165, 1.54) is 6.92 Å². The van der Waals surface area contributed by atoms with E-state index in [0.717, 1.165) is 25.8 Å². The summed E-state index contributed by atoms with van der Waals surface area (Å²) in [6.07, 6.45) is 3.13. The number of carbonyl (C=O) groups is 2. The van der Waals surface area contributed by atoms with E-state index in [-0.39, 0.29) is 12.1 Å². The van der Waals surface area contributed by atoms with Crippen molar-refractivity contribution in [2.24, 2.45) is 0 Å². The Morgan fingerprint density at radius 2 is 2.13 bits per heavy atom. The molecule has 1 rings (SSSR count). The fourth-order valence-corrected chi connectivity index (χ4v) is 1.73. The van der Waals surface area contributed by atoms with Gasteiger partial charge in [-0.3, -0.25) is 4.79 Å². The van der Waals surface area contributed by atoms with Gasteiger partial charge in [-0.05, 0) is 33.1 Å². The van der Waals surface area contributed by atoms with E-state index in [2.05, 4.69) is 5.32 Å². The van der Waals surface area contributed by atoms with Crippen molar-refractivity contribution in [1.29, 1.82) is 0 Å². The van der Waals surface area contributed by atoms with E-state index in [4.69, 9.17) is 5.11 Å². The molecule has 1 aliphatic heterocycles. The van der Waals surface area contributed by atoms with Gasteiger partial charge in [-0.2, -0.15) is 0 Å². The molecule has 2 atom stereocenters. The first-order chi connectivity index (χ1) is 7.02. The van der Waals surface area contributed by atoms with Crippen molar-refractivity contribution in [3.8, 4) is 0 Å². The van der Waals surface area contributed by atoms with Gasteiger partial charge in [-0.1, -0.05) is 0 Å². The van der Waals surface area contributed by atoms with Crippen LogP contribution in [0, 0.1) is 0 Å². The first kappa shape index (κ1) is 11.8. The quantitative estimate of drug-likeness (QED) is 0.721. The molecular weight excluding hydrogens is 196 g/mol. The molecule has 86 valence electrons. The molecule has 1 unspecified atom stereocenters. The van der Waals surface area contributed by atoms with Gasteiger partial charge < -0.3 is 15.3 Å². The predicted octanol–water partition coefficient (Wildman–Crippen LogP) is 1.04. The number of nitrogens with zero attached hydrogens (tertiary/aromatic N) is 1. The number of carboxylic acids is 1. The topological polar surface area (TPSA) is 69.6 Å². The lowest BCUT2D eigenvalue weighted by Crippen LogP contribution is -2.51. The standard InChI is InChI=1S/C10H18N2O3/c1-7-5-3-4-6-12(7)10(15)11-8(2)9(13)14/h7-8H,3-6H2,1-2H3,(H,11,15)(H,13,14)/t7?,8-/m1/s1. The first-order valence-corrected chi connectivity index (χ1v) is 5.32. The number of carboxylic acid groups (broad SMARTS) is 1. The molecule has 0 radical (unpaired) electrons. The number of carbonyl (C=O) groups excluding carboxylic acids is 1. The highest BCUT2D eigenvalue weighted by Gasteiger charge is 2.25. The first-order valence-electron chi connectivity index (χ1n) is 5.32. The molecule has 2 amide bonds. The summed E-state index contributed by atoms with van der Waals surface area (Å²) in [5.41, 5.74) is 0. The number of piperidine rings is 1. The summed E-state index contributed by atoms with van der Waals surface area (Å²) in [7, 11) is 0. The van der Waals surface area contributed by atoms with E-state index >= 15 is 0 Å². The molecule has 1 fully saturated rings. The zero-order valence-corrected chi connectivity index (χ0v) is 9.19. The Hall–Kier alpha value is -1.26. The molecule has 1 aliphatic rings. The number of hydrogen-bond acceptors (Lipinski definition) is 2. The second-order valence-electron chi connectivity index (χ2n) is 4.05. The van der Waals surface area contributed by atoms with E-state index < -0.39 is 12.0 Å². The molecule has 0 spiro atoms. The van der Waals surface area contributed by atoms with E-state index in [1.54, 1.807) is 4.90 Å². The second kappa shape index (κ2) is 5.00. The van der Waals surface area contributed by atoms with E-state index in [9.17, 15) is 9.59 Å². The molecule has 2 N–H and O–H groups in total. The molecule has 0 aromatic rings. The highest BCUT2D eigenvalue weighted by atomic mass is 16.4. The van der Waals surface area contributed by atoms with Crippen LogP contribution in [-0.4, -0.2) is 40.6 Å². The number of amides is 2. The number of hydrogen-bond donors (Lipinski definition) is 2. The summed E-state index contributed by atoms with van der Waals surface area (Å²) in [4.78, 5) is 24.0. The van der Waals surface area contributed by atoms with Crippen LogP contribution in [0.2, 0.25) is 0 Å². The molecule has 0 aliphatic carbocycles. The van der Waals surface area contributed by atoms with Gasteiger partial charge in [0.2, 0.25) is 0 Å². The molecule has 1 saturated heterocycles. The predicted molar refractivity (Wildman–Crippen MR) is 55.6 cm³/mol. The summed E-state index contributed by atoms with van der Waals surface area (Å²) >= 11 is 0. The minimum absolute atomic E-state index is 0.208. The smallest absolute Gasteiger partial charge is 0.325 e. The lowest BCUT2D eigenvalue weighted by atomic mass is 10.0. The third kappa shape index (κ3) is 3.11. The number of likely N-dealkylation sites (tertiary alicyclic amines) is 1. The van der Waals surface area contributed by atoms with Gasteiger partial charge in [-0.15, -0.1) is 0 Å². The molecule has 5 heteroatoms. The van der Waals surface area contributed by atoms with Gasteiger partial charge in [0, 0.05) is 12.6 Å².